The van der Waals surface area contributed by atoms with Crippen LogP contribution in [0.3, 0.4) is 0 Å². The van der Waals surface area contributed by atoms with Gasteiger partial charge in [-0.05, 0) is 92.3 Å². The van der Waals surface area contributed by atoms with E-state index in [0.29, 0.717) is 11.3 Å². The van der Waals surface area contributed by atoms with Gasteiger partial charge < -0.3 is 5.73 Å². The zero-order chi connectivity index (χ0) is 23.5. The molecule has 0 aromatic rings. The van der Waals surface area contributed by atoms with E-state index in [9.17, 15) is 4.79 Å². The highest BCUT2D eigenvalue weighted by Crippen LogP contribution is 2.66. The van der Waals surface area contributed by atoms with Gasteiger partial charge in [0.25, 0.3) is 0 Å². The Labute approximate surface area is 197 Å². The first-order valence-electron chi connectivity index (χ1n) is 13.4. The van der Waals surface area contributed by atoms with E-state index in [2.05, 4.69) is 51.7 Å². The third kappa shape index (κ3) is 4.94. The van der Waals surface area contributed by atoms with E-state index in [0.717, 1.165) is 54.6 Å². The molecular formula is C28H49N3O. The summed E-state index contributed by atoms with van der Waals surface area (Å²) in [6.45, 7) is 16.3. The molecule has 3 fully saturated rings. The fourth-order valence-electron chi connectivity index (χ4n) is 8.35. The highest BCUT2D eigenvalue weighted by molar-refractivity contribution is 5.92. The highest BCUT2D eigenvalue weighted by atomic mass is 16.2. The molecule has 182 valence electrons. The molecular weight excluding hydrogens is 394 g/mol. The summed E-state index contributed by atoms with van der Waals surface area (Å²) in [6, 6.07) is -0.563. The zero-order valence-electron chi connectivity index (χ0n) is 21.5. The van der Waals surface area contributed by atoms with E-state index in [1.165, 1.54) is 51.4 Å². The topological polar surface area (TPSA) is 67.5 Å². The number of nitrogens with two attached hydrogens (primary N) is 1. The molecule has 4 nitrogen and oxygen atoms in total. The second-order valence-electron chi connectivity index (χ2n) is 12.2. The SMILES string of the molecule is C=CCCC1(C)/C(=N/NC(N)=O)CCC2C1CCC1(C)C(C(C)CCCC(C)C)CCC21. The van der Waals surface area contributed by atoms with Crippen LogP contribution in [0.5, 0.6) is 0 Å². The average molecular weight is 444 g/mol. The van der Waals surface area contributed by atoms with Crippen LogP contribution in [-0.4, -0.2) is 11.7 Å². The quantitative estimate of drug-likeness (QED) is 0.285. The van der Waals surface area contributed by atoms with Gasteiger partial charge in [-0.15, -0.1) is 6.58 Å². The summed E-state index contributed by atoms with van der Waals surface area (Å²) in [5.41, 5.74) is 9.57. The van der Waals surface area contributed by atoms with Crippen LogP contribution in [0.25, 0.3) is 0 Å². The van der Waals surface area contributed by atoms with Crippen molar-refractivity contribution >= 4 is 11.7 Å². The van der Waals surface area contributed by atoms with E-state index < -0.39 is 6.03 Å². The molecule has 3 aliphatic rings. The van der Waals surface area contributed by atoms with Gasteiger partial charge in [-0.3, -0.25) is 0 Å². The maximum absolute atomic E-state index is 11.3. The lowest BCUT2D eigenvalue weighted by Crippen LogP contribution is -2.53. The maximum Gasteiger partial charge on any atom is 0.332 e. The Balaban J connectivity index is 1.78. The van der Waals surface area contributed by atoms with Crippen molar-refractivity contribution in [3.63, 3.8) is 0 Å². The summed E-state index contributed by atoms with van der Waals surface area (Å²) in [5.74, 6) is 4.81. The first-order chi connectivity index (χ1) is 15.1. The molecule has 7 atom stereocenters. The molecule has 0 saturated heterocycles. The van der Waals surface area contributed by atoms with Crippen molar-refractivity contribution in [3.05, 3.63) is 12.7 Å². The fourth-order valence-corrected chi connectivity index (χ4v) is 8.35. The molecule has 4 heteroatoms. The van der Waals surface area contributed by atoms with Crippen LogP contribution in [0.1, 0.15) is 105 Å². The lowest BCUT2D eigenvalue weighted by atomic mass is 9.47. The molecule has 3 aliphatic carbocycles. The Morgan fingerprint density at radius 3 is 2.59 bits per heavy atom. The lowest BCUT2D eigenvalue weighted by Gasteiger charge is -2.57. The maximum atomic E-state index is 11.3. The Morgan fingerprint density at radius 2 is 1.94 bits per heavy atom. The average Bonchev–Trinajstić information content (AvgIpc) is 3.08. The van der Waals surface area contributed by atoms with E-state index >= 15 is 0 Å². The minimum atomic E-state index is -0.563. The van der Waals surface area contributed by atoms with Crippen LogP contribution >= 0.6 is 0 Å². The zero-order valence-corrected chi connectivity index (χ0v) is 21.5. The summed E-state index contributed by atoms with van der Waals surface area (Å²) in [5, 5.41) is 4.53. The number of primary amides is 1. The predicted octanol–water partition coefficient (Wildman–Crippen LogP) is 7.30. The third-order valence-electron chi connectivity index (χ3n) is 10.00. The van der Waals surface area contributed by atoms with Gasteiger partial charge in [-0.1, -0.05) is 60.0 Å². The Hall–Kier alpha value is -1.32. The number of fused-ring (bicyclic) bond motifs is 3. The summed E-state index contributed by atoms with van der Waals surface area (Å²) in [7, 11) is 0. The van der Waals surface area contributed by atoms with Gasteiger partial charge >= 0.3 is 6.03 Å². The van der Waals surface area contributed by atoms with E-state index in [-0.39, 0.29) is 5.41 Å². The van der Waals surface area contributed by atoms with Crippen molar-refractivity contribution < 1.29 is 4.79 Å². The number of hydrogen-bond donors (Lipinski definition) is 2. The van der Waals surface area contributed by atoms with Crippen molar-refractivity contribution in [2.24, 2.45) is 57.2 Å². The number of nitrogens with one attached hydrogen (secondary N) is 1. The van der Waals surface area contributed by atoms with Gasteiger partial charge in [-0.25, -0.2) is 10.2 Å². The van der Waals surface area contributed by atoms with Crippen LogP contribution in [0, 0.1) is 46.3 Å². The number of carbonyl (C=O) groups excluding carboxylic acids is 1. The Kier molecular flexibility index (Phi) is 8.15. The van der Waals surface area contributed by atoms with Gasteiger partial charge in [-0.2, -0.15) is 5.10 Å². The van der Waals surface area contributed by atoms with Crippen molar-refractivity contribution in [3.8, 4) is 0 Å². The highest BCUT2D eigenvalue weighted by Gasteiger charge is 2.59. The van der Waals surface area contributed by atoms with E-state index in [1.54, 1.807) is 0 Å². The molecule has 0 heterocycles. The lowest BCUT2D eigenvalue weighted by molar-refractivity contribution is -0.0439. The fraction of sp³-hybridized carbons (Fsp3) is 0.857. The summed E-state index contributed by atoms with van der Waals surface area (Å²) >= 11 is 0. The van der Waals surface area contributed by atoms with Crippen molar-refractivity contribution in [2.75, 3.05) is 0 Å². The third-order valence-corrected chi connectivity index (χ3v) is 10.00. The molecule has 0 aliphatic heterocycles. The molecule has 0 aromatic carbocycles. The number of amides is 2. The molecule has 0 spiro atoms. The largest absolute Gasteiger partial charge is 0.350 e. The number of urea groups is 1. The van der Waals surface area contributed by atoms with Crippen LogP contribution in [0.15, 0.2) is 17.8 Å². The molecule has 0 aromatic heterocycles. The number of carbonyl (C=O) groups is 1. The monoisotopic (exact) mass is 443 g/mol. The van der Waals surface area contributed by atoms with Gasteiger partial charge in [0.05, 0.1) is 0 Å². The van der Waals surface area contributed by atoms with Crippen molar-refractivity contribution in [1.29, 1.82) is 0 Å². The van der Waals surface area contributed by atoms with E-state index in [4.69, 9.17) is 5.73 Å². The number of rotatable bonds is 9. The number of hydrogen-bond acceptors (Lipinski definition) is 2. The number of hydrazone groups is 1. The van der Waals surface area contributed by atoms with Crippen LogP contribution in [-0.2, 0) is 0 Å². The van der Waals surface area contributed by atoms with Crippen molar-refractivity contribution in [1.82, 2.24) is 5.43 Å². The van der Waals surface area contributed by atoms with Gasteiger partial charge in [0.15, 0.2) is 0 Å². The second-order valence-corrected chi connectivity index (χ2v) is 12.2. The number of allylic oxidation sites excluding steroid dienone is 1. The smallest absolute Gasteiger partial charge is 0.332 e. The normalized spacial score (nSPS) is 38.9. The minimum Gasteiger partial charge on any atom is -0.350 e. The molecule has 0 radical (unpaired) electrons. The first kappa shape index (κ1) is 25.3. The Bertz CT molecular complexity index is 701. The van der Waals surface area contributed by atoms with Crippen LogP contribution in [0.4, 0.5) is 4.79 Å². The van der Waals surface area contributed by atoms with Gasteiger partial charge in [0.2, 0.25) is 0 Å². The first-order valence-corrected chi connectivity index (χ1v) is 13.4. The van der Waals surface area contributed by atoms with Crippen LogP contribution in [0.2, 0.25) is 0 Å². The van der Waals surface area contributed by atoms with Gasteiger partial charge in [0, 0.05) is 11.1 Å². The molecule has 3 rings (SSSR count). The molecule has 32 heavy (non-hydrogen) atoms. The number of nitrogens with zero attached hydrogens (tertiary/aromatic N) is 1. The van der Waals surface area contributed by atoms with E-state index in [1.807, 2.05) is 6.08 Å². The summed E-state index contributed by atoms with van der Waals surface area (Å²) in [6.07, 6.45) is 15.9. The predicted molar refractivity (Wildman–Crippen MR) is 135 cm³/mol. The second kappa shape index (κ2) is 10.3. The van der Waals surface area contributed by atoms with Gasteiger partial charge in [0.1, 0.15) is 0 Å². The minimum absolute atomic E-state index is 0.0296. The summed E-state index contributed by atoms with van der Waals surface area (Å²) in [4.78, 5) is 11.3. The van der Waals surface area contributed by atoms with Crippen molar-refractivity contribution in [2.45, 2.75) is 105 Å². The van der Waals surface area contributed by atoms with Crippen LogP contribution < -0.4 is 11.2 Å². The molecule has 0 bridgehead atoms. The molecule has 3 saturated carbocycles. The molecule has 7 unspecified atom stereocenters. The summed E-state index contributed by atoms with van der Waals surface area (Å²) < 4.78 is 0. The standard InChI is InChI=1S/C28H49N3O/c1-7-8-17-28(6)24-16-18-27(5)22(20(4)11-9-10-19(2)3)13-14-23(27)21(24)12-15-25(28)30-31-26(29)32/h7,19-24H,1,8-18H2,2-6H3,(H3,29,31,32)/b30-25+. The Morgan fingerprint density at radius 1 is 1.19 bits per heavy atom. The molecule has 3 N–H and O–H groups in total. The molecule has 2 amide bonds.